The van der Waals surface area contributed by atoms with Gasteiger partial charge in [0.2, 0.25) is 0 Å². The Labute approximate surface area is 191 Å². The van der Waals surface area contributed by atoms with Gasteiger partial charge in [0.25, 0.3) is 5.91 Å². The van der Waals surface area contributed by atoms with Crippen LogP contribution in [-0.2, 0) is 16.1 Å². The van der Waals surface area contributed by atoms with Crippen molar-refractivity contribution in [2.75, 3.05) is 0 Å². The molecule has 158 valence electrons. The minimum atomic E-state index is -1.59. The molecule has 3 aromatic rings. The second-order valence-electron chi connectivity index (χ2n) is 6.39. The first-order valence-electron chi connectivity index (χ1n) is 8.85. The smallest absolute Gasteiger partial charge is 0.318 e. The predicted molar refractivity (Wildman–Crippen MR) is 120 cm³/mol. The molecule has 1 amide bonds. The van der Waals surface area contributed by atoms with Crippen LogP contribution >= 0.6 is 35.6 Å². The summed E-state index contributed by atoms with van der Waals surface area (Å²) in [5.41, 5.74) is 1.19. The molecule has 3 rings (SSSR count). The van der Waals surface area contributed by atoms with E-state index >= 15 is 0 Å². The monoisotopic (exact) mass is 474 g/mol. The predicted octanol–water partition coefficient (Wildman–Crippen LogP) is 3.70. The van der Waals surface area contributed by atoms with Gasteiger partial charge >= 0.3 is 11.9 Å². The van der Waals surface area contributed by atoms with E-state index in [1.165, 1.54) is 17.5 Å². The van der Waals surface area contributed by atoms with Crippen molar-refractivity contribution >= 4 is 63.6 Å². The number of thiophene rings is 1. The molecule has 0 unspecified atom stereocenters. The number of benzene rings is 1. The molecule has 0 aliphatic carbocycles. The van der Waals surface area contributed by atoms with Gasteiger partial charge in [0.15, 0.2) is 5.92 Å². The number of carboxylic acid groups (broad SMARTS) is 2. The SMILES string of the molecule is O=C(NCc1ccc(Cl)cc1)c1cnc2sc(C#CCC(C(=O)O)C(=O)O)cc2c1S. The second kappa shape index (κ2) is 9.83. The maximum absolute atomic E-state index is 12.6. The molecular weight excluding hydrogens is 460 g/mol. The van der Waals surface area contributed by atoms with E-state index < -0.39 is 17.9 Å². The van der Waals surface area contributed by atoms with Gasteiger partial charge in [-0.15, -0.1) is 24.0 Å². The van der Waals surface area contributed by atoms with E-state index in [-0.39, 0.29) is 12.3 Å². The minimum Gasteiger partial charge on any atom is -0.481 e. The number of hydrogen-bond donors (Lipinski definition) is 4. The van der Waals surface area contributed by atoms with Crippen molar-refractivity contribution in [1.29, 1.82) is 0 Å². The second-order valence-corrected chi connectivity index (χ2v) is 8.31. The lowest BCUT2D eigenvalue weighted by atomic mass is 10.1. The summed E-state index contributed by atoms with van der Waals surface area (Å²) in [5, 5.41) is 21.8. The number of rotatable bonds is 6. The van der Waals surface area contributed by atoms with Crippen molar-refractivity contribution in [2.24, 2.45) is 5.92 Å². The molecule has 31 heavy (non-hydrogen) atoms. The van der Waals surface area contributed by atoms with Gasteiger partial charge in [0, 0.05) is 34.5 Å². The van der Waals surface area contributed by atoms with Crippen LogP contribution < -0.4 is 5.32 Å². The zero-order valence-corrected chi connectivity index (χ0v) is 18.2. The summed E-state index contributed by atoms with van der Waals surface area (Å²) in [6.07, 6.45) is 1.11. The van der Waals surface area contributed by atoms with Crippen LogP contribution in [0.1, 0.15) is 27.2 Å². The Balaban J connectivity index is 1.76. The Morgan fingerprint density at radius 2 is 1.87 bits per heavy atom. The van der Waals surface area contributed by atoms with E-state index in [1.54, 1.807) is 18.2 Å². The molecule has 3 N–H and O–H groups in total. The van der Waals surface area contributed by atoms with Gasteiger partial charge in [-0.1, -0.05) is 35.6 Å². The van der Waals surface area contributed by atoms with Gasteiger partial charge in [0.05, 0.1) is 10.4 Å². The van der Waals surface area contributed by atoms with Crippen molar-refractivity contribution in [3.63, 3.8) is 0 Å². The molecule has 7 nitrogen and oxygen atoms in total. The van der Waals surface area contributed by atoms with Gasteiger partial charge in [-0.25, -0.2) is 4.98 Å². The summed E-state index contributed by atoms with van der Waals surface area (Å²) in [6, 6.07) is 8.80. The number of aromatic nitrogens is 1. The third kappa shape index (κ3) is 5.55. The normalized spacial score (nSPS) is 10.5. The van der Waals surface area contributed by atoms with E-state index in [0.29, 0.717) is 37.1 Å². The Bertz CT molecular complexity index is 1210. The molecule has 0 atom stereocenters. The fraction of sp³-hybridized carbons (Fsp3) is 0.143. The maximum Gasteiger partial charge on any atom is 0.318 e. The van der Waals surface area contributed by atoms with Crippen LogP contribution in [0, 0.1) is 17.8 Å². The summed E-state index contributed by atoms with van der Waals surface area (Å²) in [4.78, 5) is 40.3. The highest BCUT2D eigenvalue weighted by Crippen LogP contribution is 2.30. The lowest BCUT2D eigenvalue weighted by Crippen LogP contribution is -2.23. The fourth-order valence-electron chi connectivity index (χ4n) is 2.60. The van der Waals surface area contributed by atoms with Crippen LogP contribution in [0.4, 0.5) is 0 Å². The van der Waals surface area contributed by atoms with Gasteiger partial charge < -0.3 is 15.5 Å². The van der Waals surface area contributed by atoms with Crippen molar-refractivity contribution in [3.8, 4) is 11.8 Å². The Hall–Kier alpha value is -3.06. The van der Waals surface area contributed by atoms with Gasteiger partial charge in [0.1, 0.15) is 4.83 Å². The molecule has 1 aromatic carbocycles. The van der Waals surface area contributed by atoms with Crippen molar-refractivity contribution < 1.29 is 24.6 Å². The summed E-state index contributed by atoms with van der Waals surface area (Å²) < 4.78 is 0. The van der Waals surface area contributed by atoms with Crippen molar-refractivity contribution in [1.82, 2.24) is 10.3 Å². The molecule has 0 aliphatic heterocycles. The summed E-state index contributed by atoms with van der Waals surface area (Å²) in [5.74, 6) is 0.543. The number of thiol groups is 1. The topological polar surface area (TPSA) is 117 Å². The van der Waals surface area contributed by atoms with E-state index in [4.69, 9.17) is 21.8 Å². The van der Waals surface area contributed by atoms with E-state index in [9.17, 15) is 14.4 Å². The number of halogens is 1. The molecule has 2 heterocycles. The Morgan fingerprint density at radius 3 is 2.52 bits per heavy atom. The lowest BCUT2D eigenvalue weighted by molar-refractivity contribution is -0.154. The molecule has 0 saturated heterocycles. The average Bonchev–Trinajstić information content (AvgIpc) is 3.14. The van der Waals surface area contributed by atoms with E-state index in [2.05, 4.69) is 34.8 Å². The number of nitrogens with zero attached hydrogens (tertiary/aromatic N) is 1. The number of carbonyl (C=O) groups is 3. The van der Waals surface area contributed by atoms with Crippen LogP contribution in [0.3, 0.4) is 0 Å². The zero-order valence-electron chi connectivity index (χ0n) is 15.8. The number of amides is 1. The summed E-state index contributed by atoms with van der Waals surface area (Å²) >= 11 is 11.6. The summed E-state index contributed by atoms with van der Waals surface area (Å²) in [7, 11) is 0. The fourth-order valence-corrected chi connectivity index (χ4v) is 4.02. The Morgan fingerprint density at radius 1 is 1.19 bits per heavy atom. The number of pyridine rings is 1. The van der Waals surface area contributed by atoms with Crippen molar-refractivity contribution in [2.45, 2.75) is 17.9 Å². The van der Waals surface area contributed by atoms with Gasteiger partial charge in [-0.05, 0) is 23.8 Å². The van der Waals surface area contributed by atoms with E-state index in [0.717, 1.165) is 5.56 Å². The highest BCUT2D eigenvalue weighted by molar-refractivity contribution is 7.80. The van der Waals surface area contributed by atoms with Crippen molar-refractivity contribution in [3.05, 3.63) is 57.6 Å². The standard InChI is InChI=1S/C21H15ClN2O5S2/c22-12-6-4-11(5-7-12)9-23-18(25)16-10-24-19-15(17(16)30)8-13(31-19)2-1-3-14(20(26)27)21(28)29/h4-8,10,14H,3,9H2,(H,23,25)(H,24,30)(H,26,27)(H,28,29). The average molecular weight is 475 g/mol. The maximum atomic E-state index is 12.6. The molecule has 0 spiro atoms. The third-order valence-electron chi connectivity index (χ3n) is 4.26. The van der Waals surface area contributed by atoms with Crippen LogP contribution in [0.2, 0.25) is 5.02 Å². The van der Waals surface area contributed by atoms with Crippen LogP contribution in [0.25, 0.3) is 10.2 Å². The first-order valence-corrected chi connectivity index (χ1v) is 10.5. The number of aliphatic carboxylic acids is 2. The van der Waals surface area contributed by atoms with Gasteiger partial charge in [-0.3, -0.25) is 14.4 Å². The summed E-state index contributed by atoms with van der Waals surface area (Å²) in [6.45, 7) is 0.315. The van der Waals surface area contributed by atoms with Crippen LogP contribution in [0.5, 0.6) is 0 Å². The number of fused-ring (bicyclic) bond motifs is 1. The van der Waals surface area contributed by atoms with Gasteiger partial charge in [-0.2, -0.15) is 0 Å². The molecule has 0 saturated carbocycles. The highest BCUT2D eigenvalue weighted by Gasteiger charge is 2.24. The molecule has 0 bridgehead atoms. The highest BCUT2D eigenvalue weighted by atomic mass is 35.5. The first kappa shape index (κ1) is 22.6. The molecule has 0 radical (unpaired) electrons. The first-order chi connectivity index (χ1) is 14.8. The molecule has 0 aliphatic rings. The minimum absolute atomic E-state index is 0.305. The molecule has 10 heteroatoms. The molecule has 0 fully saturated rings. The van der Waals surface area contributed by atoms with Crippen LogP contribution in [0.15, 0.2) is 41.4 Å². The number of carbonyl (C=O) groups excluding carboxylic acids is 1. The lowest BCUT2D eigenvalue weighted by Gasteiger charge is -2.08. The molecular formula is C21H15ClN2O5S2. The zero-order chi connectivity index (χ0) is 22.5. The Kier molecular flexibility index (Phi) is 7.17. The quantitative estimate of drug-likeness (QED) is 0.246. The number of hydrogen-bond acceptors (Lipinski definition) is 6. The third-order valence-corrected chi connectivity index (χ3v) is 5.95. The number of carboxylic acids is 2. The molecule has 2 aromatic heterocycles. The van der Waals surface area contributed by atoms with Crippen LogP contribution in [-0.4, -0.2) is 33.0 Å². The van der Waals surface area contributed by atoms with E-state index in [1.807, 2.05) is 12.1 Å². The number of nitrogens with one attached hydrogen (secondary N) is 1. The largest absolute Gasteiger partial charge is 0.481 e.